The summed E-state index contributed by atoms with van der Waals surface area (Å²) < 4.78 is 11.2. The van der Waals surface area contributed by atoms with E-state index < -0.39 is 0 Å². The van der Waals surface area contributed by atoms with E-state index in [2.05, 4.69) is 155 Å². The zero-order valence-corrected chi connectivity index (χ0v) is 28.5. The molecule has 1 unspecified atom stereocenters. The molecule has 10 aromatic rings. The van der Waals surface area contributed by atoms with Crippen molar-refractivity contribution in [3.05, 3.63) is 169 Å². The van der Waals surface area contributed by atoms with Crippen molar-refractivity contribution in [2.45, 2.75) is 19.3 Å². The van der Waals surface area contributed by atoms with Gasteiger partial charge in [-0.3, -0.25) is 0 Å². The van der Waals surface area contributed by atoms with Crippen LogP contribution in [-0.4, -0.2) is 19.1 Å². The minimum absolute atomic E-state index is 0.280. The topological polar surface area (TPSA) is 48.8 Å². The summed E-state index contributed by atoms with van der Waals surface area (Å²) in [6.07, 6.45) is 5.02. The molecule has 1 aliphatic rings. The third kappa shape index (κ3) is 4.23. The van der Waals surface area contributed by atoms with Gasteiger partial charge in [-0.25, -0.2) is 9.97 Å². The largest absolute Gasteiger partial charge is 0.452 e. The van der Waals surface area contributed by atoms with E-state index >= 15 is 0 Å². The first-order chi connectivity index (χ1) is 25.7. The summed E-state index contributed by atoms with van der Waals surface area (Å²) in [5, 5.41) is 4.80. The van der Waals surface area contributed by atoms with Crippen LogP contribution in [0.1, 0.15) is 36.1 Å². The van der Waals surface area contributed by atoms with Crippen molar-refractivity contribution in [1.82, 2.24) is 19.1 Å². The number of allylic oxidation sites excluding steroid dienone is 1. The number of para-hydroxylation sites is 4. The maximum absolute atomic E-state index is 6.34. The van der Waals surface area contributed by atoms with Crippen molar-refractivity contribution in [2.24, 2.45) is 0 Å². The van der Waals surface area contributed by atoms with Gasteiger partial charge in [-0.15, -0.1) is 0 Å². The van der Waals surface area contributed by atoms with Crippen molar-refractivity contribution in [3.63, 3.8) is 0 Å². The average Bonchev–Trinajstić information content (AvgIpc) is 3.86. The molecule has 0 radical (unpaired) electrons. The Balaban J connectivity index is 1.08. The van der Waals surface area contributed by atoms with E-state index in [9.17, 15) is 0 Å². The zero-order valence-electron chi connectivity index (χ0n) is 28.5. The number of furan rings is 1. The van der Waals surface area contributed by atoms with Gasteiger partial charge in [0.05, 0.1) is 16.6 Å². The van der Waals surface area contributed by atoms with Crippen LogP contribution in [0.15, 0.2) is 156 Å². The van der Waals surface area contributed by atoms with Crippen LogP contribution in [0.4, 0.5) is 0 Å². The summed E-state index contributed by atoms with van der Waals surface area (Å²) in [4.78, 5) is 9.34. The first-order valence-corrected chi connectivity index (χ1v) is 17.9. The zero-order chi connectivity index (χ0) is 34.3. The smallest absolute Gasteiger partial charge is 0.180 e. The fourth-order valence-corrected chi connectivity index (χ4v) is 8.61. The molecule has 52 heavy (non-hydrogen) atoms. The first kappa shape index (κ1) is 29.1. The number of rotatable bonds is 4. The second-order valence-corrected chi connectivity index (χ2v) is 13.9. The molecule has 5 heteroatoms. The van der Waals surface area contributed by atoms with Gasteiger partial charge in [-0.2, -0.15) is 0 Å². The Labute approximate surface area is 299 Å². The van der Waals surface area contributed by atoms with E-state index in [1.165, 1.54) is 60.8 Å². The summed E-state index contributed by atoms with van der Waals surface area (Å²) in [7, 11) is 0. The van der Waals surface area contributed by atoms with Crippen LogP contribution >= 0.6 is 0 Å². The molecule has 0 amide bonds. The van der Waals surface area contributed by atoms with Crippen LogP contribution in [0.3, 0.4) is 0 Å². The lowest BCUT2D eigenvalue weighted by Gasteiger charge is -2.24. The van der Waals surface area contributed by atoms with Crippen LogP contribution in [0, 0.1) is 0 Å². The van der Waals surface area contributed by atoms with E-state index in [1.807, 2.05) is 18.2 Å². The third-order valence-electron chi connectivity index (χ3n) is 10.9. The molecule has 0 saturated heterocycles. The highest BCUT2D eigenvalue weighted by atomic mass is 16.3. The van der Waals surface area contributed by atoms with Gasteiger partial charge in [0.15, 0.2) is 5.58 Å². The second-order valence-electron chi connectivity index (χ2n) is 13.9. The molecule has 6 aromatic carbocycles. The van der Waals surface area contributed by atoms with Crippen molar-refractivity contribution < 1.29 is 4.42 Å². The number of nitrogens with zero attached hydrogens (tertiary/aromatic N) is 4. The molecule has 4 aromatic heterocycles. The van der Waals surface area contributed by atoms with Gasteiger partial charge in [-0.1, -0.05) is 97.9 Å². The summed E-state index contributed by atoms with van der Waals surface area (Å²) in [6, 6.07) is 52.0. The monoisotopic (exact) mass is 668 g/mol. The minimum atomic E-state index is 0.280. The molecule has 11 rings (SSSR count). The molecule has 1 atom stereocenters. The fourth-order valence-electron chi connectivity index (χ4n) is 8.61. The number of hydrogen-bond acceptors (Lipinski definition) is 3. The number of fused-ring (bicyclic) bond motifs is 9. The molecular weight excluding hydrogens is 637 g/mol. The molecule has 0 aliphatic heterocycles. The van der Waals surface area contributed by atoms with Gasteiger partial charge in [0, 0.05) is 55.7 Å². The average molecular weight is 669 g/mol. The lowest BCUT2D eigenvalue weighted by Crippen LogP contribution is -2.09. The highest BCUT2D eigenvalue weighted by molar-refractivity contribution is 6.11. The van der Waals surface area contributed by atoms with E-state index in [0.717, 1.165) is 39.9 Å². The standard InChI is InChI=1S/C47H32N4O/c1-29-24-32(30-22-23-37-35-16-5-8-19-40(35)50(42(37)27-30)33-13-3-2-4-14-33)26-39-36-17-6-9-20-41(36)51(46(29)39)34-15-11-12-31(25-34)44-47-45(49-28-48-44)38-18-7-10-21-43(38)52-47/h2-23,25-29H,24H2,1H3. The Morgan fingerprint density at radius 3 is 2.15 bits per heavy atom. The Morgan fingerprint density at radius 2 is 1.29 bits per heavy atom. The number of hydrogen-bond donors (Lipinski definition) is 0. The Morgan fingerprint density at radius 1 is 0.577 bits per heavy atom. The minimum Gasteiger partial charge on any atom is -0.452 e. The summed E-state index contributed by atoms with van der Waals surface area (Å²) in [5.41, 5.74) is 15.3. The maximum Gasteiger partial charge on any atom is 0.180 e. The maximum atomic E-state index is 6.34. The lowest BCUT2D eigenvalue weighted by molar-refractivity contribution is 0.667. The fraction of sp³-hybridized carbons (Fsp3) is 0.0638. The van der Waals surface area contributed by atoms with E-state index in [0.29, 0.717) is 5.58 Å². The molecule has 0 spiro atoms. The van der Waals surface area contributed by atoms with Crippen molar-refractivity contribution >= 4 is 66.4 Å². The highest BCUT2D eigenvalue weighted by Crippen LogP contribution is 2.45. The SMILES string of the molecule is CC1CC(c2ccc3c4ccccc4n(-c4ccccc4)c3c2)=Cc2c1n(-c1cccc(-c3ncnc4c3oc3ccccc34)c1)c1ccccc21. The predicted molar refractivity (Wildman–Crippen MR) is 213 cm³/mol. The summed E-state index contributed by atoms with van der Waals surface area (Å²) >= 11 is 0. The van der Waals surface area contributed by atoms with Gasteiger partial charge in [0.1, 0.15) is 23.1 Å². The van der Waals surface area contributed by atoms with E-state index in [1.54, 1.807) is 6.33 Å². The summed E-state index contributed by atoms with van der Waals surface area (Å²) in [6.45, 7) is 2.37. The molecule has 0 saturated carbocycles. The Bertz CT molecular complexity index is 3070. The van der Waals surface area contributed by atoms with Crippen molar-refractivity contribution in [1.29, 1.82) is 0 Å². The molecular formula is C47H32N4O. The molecule has 246 valence electrons. The quantitative estimate of drug-likeness (QED) is 0.188. The van der Waals surface area contributed by atoms with Gasteiger partial charge < -0.3 is 13.6 Å². The molecule has 1 aliphatic carbocycles. The molecule has 0 bridgehead atoms. The van der Waals surface area contributed by atoms with Gasteiger partial charge in [-0.05, 0) is 78.2 Å². The van der Waals surface area contributed by atoms with Crippen LogP contribution in [0.2, 0.25) is 0 Å². The number of aromatic nitrogens is 4. The highest BCUT2D eigenvalue weighted by Gasteiger charge is 2.27. The van der Waals surface area contributed by atoms with Crippen LogP contribution in [-0.2, 0) is 0 Å². The van der Waals surface area contributed by atoms with E-state index in [4.69, 9.17) is 9.40 Å². The number of benzene rings is 6. The summed E-state index contributed by atoms with van der Waals surface area (Å²) in [5.74, 6) is 0.280. The van der Waals surface area contributed by atoms with Crippen molar-refractivity contribution in [3.8, 4) is 22.6 Å². The lowest BCUT2D eigenvalue weighted by atomic mass is 9.84. The van der Waals surface area contributed by atoms with Crippen LogP contribution in [0.5, 0.6) is 0 Å². The first-order valence-electron chi connectivity index (χ1n) is 17.9. The van der Waals surface area contributed by atoms with Crippen LogP contribution < -0.4 is 0 Å². The second kappa shape index (κ2) is 11.1. The van der Waals surface area contributed by atoms with E-state index in [-0.39, 0.29) is 5.92 Å². The predicted octanol–water partition coefficient (Wildman–Crippen LogP) is 12.1. The normalized spacial score (nSPS) is 14.5. The van der Waals surface area contributed by atoms with Gasteiger partial charge in [0.2, 0.25) is 0 Å². The molecule has 5 nitrogen and oxygen atoms in total. The Kier molecular flexibility index (Phi) is 6.23. The van der Waals surface area contributed by atoms with Gasteiger partial charge in [0.25, 0.3) is 0 Å². The van der Waals surface area contributed by atoms with Gasteiger partial charge >= 0.3 is 0 Å². The van der Waals surface area contributed by atoms with Crippen LogP contribution in [0.25, 0.3) is 89.1 Å². The molecule has 4 heterocycles. The molecule has 0 N–H and O–H groups in total. The molecule has 0 fully saturated rings. The van der Waals surface area contributed by atoms with Crippen molar-refractivity contribution in [2.75, 3.05) is 0 Å². The third-order valence-corrected chi connectivity index (χ3v) is 10.9. The Hall–Kier alpha value is -6.72.